The molecule has 21 heavy (non-hydrogen) atoms. The van der Waals surface area contributed by atoms with Crippen molar-refractivity contribution in [2.45, 2.75) is 57.5 Å². The smallest absolute Gasteiger partial charge is 0.0326 e. The Labute approximate surface area is 131 Å². The maximum Gasteiger partial charge on any atom is 0.0326 e. The summed E-state index contributed by atoms with van der Waals surface area (Å²) in [6, 6.07) is 12.0. The predicted octanol–water partition coefficient (Wildman–Crippen LogP) is 4.97. The van der Waals surface area contributed by atoms with Crippen LogP contribution in [0.4, 0.5) is 0 Å². The molecular weight excluding hydrogens is 274 g/mol. The third-order valence-corrected chi connectivity index (χ3v) is 6.35. The first kappa shape index (κ1) is 13.5. The Hall–Kier alpha value is -1.12. The van der Waals surface area contributed by atoms with Crippen LogP contribution in [0.25, 0.3) is 0 Å². The largest absolute Gasteiger partial charge is 0.305 e. The fourth-order valence-electron chi connectivity index (χ4n) is 3.92. The van der Waals surface area contributed by atoms with Crippen LogP contribution in [0.5, 0.6) is 0 Å². The van der Waals surface area contributed by atoms with Crippen molar-refractivity contribution in [3.63, 3.8) is 0 Å². The average molecular weight is 297 g/mol. The summed E-state index contributed by atoms with van der Waals surface area (Å²) in [6.45, 7) is 3.39. The summed E-state index contributed by atoms with van der Waals surface area (Å²) in [7, 11) is 0. The Morgan fingerprint density at radius 3 is 2.86 bits per heavy atom. The zero-order chi connectivity index (χ0) is 14.2. The van der Waals surface area contributed by atoms with Crippen LogP contribution in [-0.4, -0.2) is 0 Å². The van der Waals surface area contributed by atoms with Crippen molar-refractivity contribution in [3.05, 3.63) is 56.8 Å². The lowest BCUT2D eigenvalue weighted by Crippen LogP contribution is -2.25. The minimum atomic E-state index is 0.536. The molecule has 110 valence electrons. The van der Waals surface area contributed by atoms with Gasteiger partial charge in [-0.1, -0.05) is 31.2 Å². The van der Waals surface area contributed by atoms with E-state index in [9.17, 15) is 0 Å². The Morgan fingerprint density at radius 2 is 2.00 bits per heavy atom. The monoisotopic (exact) mass is 297 g/mol. The van der Waals surface area contributed by atoms with Crippen LogP contribution in [0.3, 0.4) is 0 Å². The molecule has 1 aromatic carbocycles. The second-order valence-corrected chi connectivity index (χ2v) is 7.78. The SMILES string of the molecule is CC1CCC(NCc2cc3c(s2)CCC3)c2ccccc21. The van der Waals surface area contributed by atoms with Crippen LogP contribution in [-0.2, 0) is 19.4 Å². The summed E-state index contributed by atoms with van der Waals surface area (Å²) in [5, 5.41) is 3.81. The zero-order valence-corrected chi connectivity index (χ0v) is 13.5. The molecular formula is C19H23NS. The van der Waals surface area contributed by atoms with Gasteiger partial charge in [-0.05, 0) is 60.8 Å². The fourth-order valence-corrected chi connectivity index (χ4v) is 5.13. The lowest BCUT2D eigenvalue weighted by atomic mass is 9.81. The van der Waals surface area contributed by atoms with Gasteiger partial charge in [-0.15, -0.1) is 11.3 Å². The van der Waals surface area contributed by atoms with E-state index in [4.69, 9.17) is 0 Å². The van der Waals surface area contributed by atoms with Gasteiger partial charge in [0, 0.05) is 22.3 Å². The summed E-state index contributed by atoms with van der Waals surface area (Å²) < 4.78 is 0. The molecule has 1 heterocycles. The average Bonchev–Trinajstić information content (AvgIpc) is 3.08. The van der Waals surface area contributed by atoms with E-state index < -0.39 is 0 Å². The molecule has 1 N–H and O–H groups in total. The standard InChI is InChI=1S/C19H23NS/c1-13-9-10-18(17-7-3-2-6-16(13)17)20-12-15-11-14-5-4-8-19(14)21-15/h2-3,6-7,11,13,18,20H,4-5,8-10,12H2,1H3. The third kappa shape index (κ3) is 2.56. The maximum absolute atomic E-state index is 3.81. The van der Waals surface area contributed by atoms with E-state index in [1.165, 1.54) is 42.5 Å². The lowest BCUT2D eigenvalue weighted by molar-refractivity contribution is 0.432. The molecule has 1 aromatic heterocycles. The maximum atomic E-state index is 3.81. The highest BCUT2D eigenvalue weighted by molar-refractivity contribution is 7.12. The fraction of sp³-hybridized carbons (Fsp3) is 0.474. The summed E-state index contributed by atoms with van der Waals surface area (Å²) in [5.41, 5.74) is 4.70. The highest BCUT2D eigenvalue weighted by Crippen LogP contribution is 2.37. The molecule has 0 spiro atoms. The number of rotatable bonds is 3. The van der Waals surface area contributed by atoms with E-state index in [0.29, 0.717) is 12.0 Å². The van der Waals surface area contributed by atoms with Crippen LogP contribution >= 0.6 is 11.3 Å². The number of hydrogen-bond acceptors (Lipinski definition) is 2. The van der Waals surface area contributed by atoms with Crippen molar-refractivity contribution in [2.75, 3.05) is 0 Å². The molecule has 0 radical (unpaired) electrons. The molecule has 0 saturated heterocycles. The predicted molar refractivity (Wildman–Crippen MR) is 90.0 cm³/mol. The molecule has 0 bridgehead atoms. The quantitative estimate of drug-likeness (QED) is 0.844. The molecule has 2 heteroatoms. The Bertz CT molecular complexity index is 621. The van der Waals surface area contributed by atoms with E-state index in [1.54, 1.807) is 16.0 Å². The van der Waals surface area contributed by atoms with Gasteiger partial charge >= 0.3 is 0 Å². The van der Waals surface area contributed by atoms with Crippen LogP contribution in [0.2, 0.25) is 0 Å². The molecule has 0 amide bonds. The van der Waals surface area contributed by atoms with E-state index in [1.807, 2.05) is 11.3 Å². The highest BCUT2D eigenvalue weighted by atomic mass is 32.1. The first-order valence-corrected chi connectivity index (χ1v) is 9.05. The van der Waals surface area contributed by atoms with Crippen molar-refractivity contribution in [2.24, 2.45) is 0 Å². The highest BCUT2D eigenvalue weighted by Gasteiger charge is 2.24. The minimum absolute atomic E-state index is 0.536. The van der Waals surface area contributed by atoms with E-state index in [-0.39, 0.29) is 0 Å². The number of fused-ring (bicyclic) bond motifs is 2. The molecule has 0 fully saturated rings. The van der Waals surface area contributed by atoms with Gasteiger partial charge in [0.25, 0.3) is 0 Å². The summed E-state index contributed by atoms with van der Waals surface area (Å²) in [5.74, 6) is 0.713. The molecule has 2 unspecified atom stereocenters. The van der Waals surface area contributed by atoms with Gasteiger partial charge in [-0.25, -0.2) is 0 Å². The molecule has 2 atom stereocenters. The van der Waals surface area contributed by atoms with Gasteiger partial charge in [0.15, 0.2) is 0 Å². The van der Waals surface area contributed by atoms with Crippen molar-refractivity contribution in [1.82, 2.24) is 5.32 Å². The first-order chi connectivity index (χ1) is 10.3. The Morgan fingerprint density at radius 1 is 1.14 bits per heavy atom. The second-order valence-electron chi connectivity index (χ2n) is 6.56. The van der Waals surface area contributed by atoms with Gasteiger partial charge < -0.3 is 5.32 Å². The van der Waals surface area contributed by atoms with Crippen molar-refractivity contribution in [3.8, 4) is 0 Å². The summed E-state index contributed by atoms with van der Waals surface area (Å²) >= 11 is 2.03. The van der Waals surface area contributed by atoms with Crippen LogP contribution in [0.15, 0.2) is 30.3 Å². The number of thiophene rings is 1. The van der Waals surface area contributed by atoms with Crippen molar-refractivity contribution in [1.29, 1.82) is 0 Å². The molecule has 1 nitrogen and oxygen atoms in total. The first-order valence-electron chi connectivity index (χ1n) is 8.24. The summed E-state index contributed by atoms with van der Waals surface area (Å²) in [4.78, 5) is 3.17. The third-order valence-electron chi connectivity index (χ3n) is 5.11. The van der Waals surface area contributed by atoms with Gasteiger partial charge in [0.05, 0.1) is 0 Å². The van der Waals surface area contributed by atoms with Crippen LogP contribution in [0, 0.1) is 0 Å². The van der Waals surface area contributed by atoms with Gasteiger partial charge in [-0.3, -0.25) is 0 Å². The van der Waals surface area contributed by atoms with Gasteiger partial charge in [-0.2, -0.15) is 0 Å². The Balaban J connectivity index is 1.49. The number of aryl methyl sites for hydroxylation is 2. The van der Waals surface area contributed by atoms with E-state index >= 15 is 0 Å². The van der Waals surface area contributed by atoms with Gasteiger partial charge in [0.2, 0.25) is 0 Å². The topological polar surface area (TPSA) is 12.0 Å². The minimum Gasteiger partial charge on any atom is -0.305 e. The summed E-state index contributed by atoms with van der Waals surface area (Å²) in [6.07, 6.45) is 6.54. The number of benzene rings is 1. The molecule has 2 aromatic rings. The molecule has 2 aliphatic carbocycles. The van der Waals surface area contributed by atoms with Crippen LogP contribution < -0.4 is 5.32 Å². The molecule has 0 saturated carbocycles. The van der Waals surface area contributed by atoms with Crippen LogP contribution in [0.1, 0.15) is 64.6 Å². The van der Waals surface area contributed by atoms with Crippen molar-refractivity contribution < 1.29 is 0 Å². The molecule has 2 aliphatic rings. The Kier molecular flexibility index (Phi) is 3.60. The van der Waals surface area contributed by atoms with Crippen molar-refractivity contribution >= 4 is 11.3 Å². The molecule has 4 rings (SSSR count). The normalized spacial score (nSPS) is 23.9. The zero-order valence-electron chi connectivity index (χ0n) is 12.7. The van der Waals surface area contributed by atoms with E-state index in [2.05, 4.69) is 42.6 Å². The molecule has 0 aliphatic heterocycles. The van der Waals surface area contributed by atoms with E-state index in [0.717, 1.165) is 6.54 Å². The lowest BCUT2D eigenvalue weighted by Gasteiger charge is -2.30. The number of hydrogen-bond donors (Lipinski definition) is 1. The van der Waals surface area contributed by atoms with Gasteiger partial charge in [0.1, 0.15) is 0 Å². The second kappa shape index (κ2) is 5.58. The number of nitrogens with one attached hydrogen (secondary N) is 1.